The first-order valence-corrected chi connectivity index (χ1v) is 4.67. The summed E-state index contributed by atoms with van der Waals surface area (Å²) >= 11 is 4.53. The number of hydrogen-bond donors (Lipinski definition) is 3. The zero-order chi connectivity index (χ0) is 9.07. The molecular weight excluding hydrogens is 191 g/mol. The maximum atomic E-state index is 10.1. The van der Waals surface area contributed by atoms with Crippen molar-refractivity contribution in [2.45, 2.75) is 13.0 Å². The molecule has 0 heterocycles. The third-order valence-corrected chi connectivity index (χ3v) is 1.77. The number of hydrogen-bond acceptors (Lipinski definition) is 4. The molecule has 0 aromatic rings. The molecule has 0 rings (SSSR count). The van der Waals surface area contributed by atoms with Crippen molar-refractivity contribution in [2.24, 2.45) is 0 Å². The summed E-state index contributed by atoms with van der Waals surface area (Å²) in [5.41, 5.74) is 0. The van der Waals surface area contributed by atoms with E-state index in [2.05, 4.69) is 16.7 Å². The number of thiocarbonyl (C=S) groups is 1. The molecule has 0 aliphatic rings. The molecular formula is C4H9O5PS. The van der Waals surface area contributed by atoms with Crippen LogP contribution in [0.15, 0.2) is 0 Å². The minimum Gasteiger partial charge on any atom is -0.388 e. The lowest BCUT2D eigenvalue weighted by molar-refractivity contribution is 0.210. The average molecular weight is 200 g/mol. The van der Waals surface area contributed by atoms with E-state index in [1.807, 2.05) is 0 Å². The van der Waals surface area contributed by atoms with Gasteiger partial charge >= 0.3 is 7.82 Å². The molecule has 0 aliphatic heterocycles. The third-order valence-electron chi connectivity index (χ3n) is 0.841. The van der Waals surface area contributed by atoms with Crippen LogP contribution < -0.4 is 0 Å². The highest BCUT2D eigenvalue weighted by Gasteiger charge is 2.16. The van der Waals surface area contributed by atoms with Crippen molar-refractivity contribution in [3.05, 3.63) is 0 Å². The smallest absolute Gasteiger partial charge is 0.388 e. The highest BCUT2D eigenvalue weighted by atomic mass is 32.1. The van der Waals surface area contributed by atoms with Gasteiger partial charge in [-0.05, 0) is 6.92 Å². The third kappa shape index (κ3) is 6.55. The van der Waals surface area contributed by atoms with E-state index in [1.54, 1.807) is 0 Å². The lowest BCUT2D eigenvalue weighted by Gasteiger charge is -2.07. The Balaban J connectivity index is 3.73. The largest absolute Gasteiger partial charge is 0.469 e. The lowest BCUT2D eigenvalue weighted by atomic mass is 10.3. The molecule has 1 atom stereocenters. The van der Waals surface area contributed by atoms with E-state index in [0.717, 1.165) is 0 Å². The van der Waals surface area contributed by atoms with Crippen LogP contribution in [0.4, 0.5) is 0 Å². The monoisotopic (exact) mass is 200 g/mol. The number of phosphoric ester groups is 1. The van der Waals surface area contributed by atoms with E-state index in [9.17, 15) is 4.57 Å². The summed E-state index contributed by atoms with van der Waals surface area (Å²) in [6.07, 6.45) is -0.892. The summed E-state index contributed by atoms with van der Waals surface area (Å²) in [6, 6.07) is 0. The Morgan fingerprint density at radius 3 is 2.45 bits per heavy atom. The van der Waals surface area contributed by atoms with Crippen LogP contribution in [0, 0.1) is 0 Å². The van der Waals surface area contributed by atoms with Crippen LogP contribution in [-0.4, -0.2) is 32.5 Å². The fraction of sp³-hybridized carbons (Fsp3) is 0.750. The summed E-state index contributed by atoms with van der Waals surface area (Å²) in [5, 5.41) is 8.74. The van der Waals surface area contributed by atoms with Crippen LogP contribution in [0.1, 0.15) is 6.92 Å². The van der Waals surface area contributed by atoms with Crippen LogP contribution in [0.3, 0.4) is 0 Å². The molecule has 5 nitrogen and oxygen atoms in total. The molecule has 0 spiro atoms. The quantitative estimate of drug-likeness (QED) is 0.432. The van der Waals surface area contributed by atoms with Gasteiger partial charge in [-0.2, -0.15) is 0 Å². The van der Waals surface area contributed by atoms with Crippen molar-refractivity contribution in [3.63, 3.8) is 0 Å². The molecule has 1 unspecified atom stereocenters. The van der Waals surface area contributed by atoms with Crippen LogP contribution >= 0.6 is 20.0 Å². The van der Waals surface area contributed by atoms with Crippen LogP contribution in [0.5, 0.6) is 0 Å². The van der Waals surface area contributed by atoms with Gasteiger partial charge in [0.15, 0.2) is 0 Å². The Kier molecular flexibility index (Phi) is 4.31. The van der Waals surface area contributed by atoms with Crippen molar-refractivity contribution >= 4 is 24.9 Å². The molecule has 0 radical (unpaired) electrons. The maximum Gasteiger partial charge on any atom is 0.469 e. The van der Waals surface area contributed by atoms with E-state index in [1.165, 1.54) is 6.92 Å². The second-order valence-electron chi connectivity index (χ2n) is 1.91. The van der Waals surface area contributed by atoms with Crippen LogP contribution in [-0.2, 0) is 9.09 Å². The van der Waals surface area contributed by atoms with Gasteiger partial charge in [0.1, 0.15) is 0 Å². The molecule has 0 aromatic carbocycles. The van der Waals surface area contributed by atoms with Crippen molar-refractivity contribution in [1.29, 1.82) is 0 Å². The summed E-state index contributed by atoms with van der Waals surface area (Å²) < 4.78 is 14.1. The molecule has 0 bridgehead atoms. The van der Waals surface area contributed by atoms with Crippen molar-refractivity contribution < 1.29 is 24.0 Å². The van der Waals surface area contributed by atoms with Gasteiger partial charge in [0, 0.05) is 4.86 Å². The molecule has 3 N–H and O–H groups in total. The van der Waals surface area contributed by atoms with E-state index >= 15 is 0 Å². The molecule has 0 amide bonds. The Morgan fingerprint density at radius 1 is 1.73 bits per heavy atom. The fourth-order valence-electron chi connectivity index (χ4n) is 0.268. The Bertz CT molecular complexity index is 185. The molecule has 11 heavy (non-hydrogen) atoms. The minimum absolute atomic E-state index is 0.0633. The zero-order valence-electron chi connectivity index (χ0n) is 5.80. The number of rotatable bonds is 4. The summed E-state index contributed by atoms with van der Waals surface area (Å²) in [4.78, 5) is 16.5. The molecule has 0 saturated heterocycles. The topological polar surface area (TPSA) is 87.0 Å². The van der Waals surface area contributed by atoms with Gasteiger partial charge < -0.3 is 14.9 Å². The molecule has 66 valence electrons. The van der Waals surface area contributed by atoms with E-state index in [-0.39, 0.29) is 4.86 Å². The number of aliphatic hydroxyl groups excluding tert-OH is 1. The number of aliphatic hydroxyl groups is 1. The zero-order valence-corrected chi connectivity index (χ0v) is 7.51. The van der Waals surface area contributed by atoms with Crippen molar-refractivity contribution in [2.75, 3.05) is 6.61 Å². The van der Waals surface area contributed by atoms with Crippen LogP contribution in [0.25, 0.3) is 0 Å². The van der Waals surface area contributed by atoms with Gasteiger partial charge in [-0.1, -0.05) is 12.2 Å². The minimum atomic E-state index is -4.46. The van der Waals surface area contributed by atoms with E-state index in [0.29, 0.717) is 0 Å². The fourth-order valence-corrected chi connectivity index (χ4v) is 0.722. The molecule has 0 fully saturated rings. The van der Waals surface area contributed by atoms with Gasteiger partial charge in [-0.3, -0.25) is 4.52 Å². The van der Waals surface area contributed by atoms with E-state index in [4.69, 9.17) is 14.9 Å². The van der Waals surface area contributed by atoms with Crippen molar-refractivity contribution in [3.8, 4) is 0 Å². The average Bonchev–Trinajstić information content (AvgIpc) is 1.80. The maximum absolute atomic E-state index is 10.1. The van der Waals surface area contributed by atoms with Gasteiger partial charge in [-0.15, -0.1) is 0 Å². The Labute approximate surface area is 69.2 Å². The second kappa shape index (κ2) is 4.25. The molecule has 0 aromatic heterocycles. The Hall–Kier alpha value is 0.160. The van der Waals surface area contributed by atoms with Gasteiger partial charge in [0.25, 0.3) is 0 Å². The first-order valence-electron chi connectivity index (χ1n) is 2.74. The predicted octanol–water partition coefficient (Wildman–Crippen LogP) is -0.154. The standard InChI is InChI=1S/C4H9O5PS/c1-3(5)4(11)2-9-10(6,7)8/h3,5H,2H2,1H3,(H2,6,7,8). The van der Waals surface area contributed by atoms with Gasteiger partial charge in [0.2, 0.25) is 0 Å². The van der Waals surface area contributed by atoms with Gasteiger partial charge in [0.05, 0.1) is 12.7 Å². The highest BCUT2D eigenvalue weighted by molar-refractivity contribution is 7.80. The summed E-state index contributed by atoms with van der Waals surface area (Å²) in [7, 11) is -4.46. The lowest BCUT2D eigenvalue weighted by Crippen LogP contribution is -2.18. The predicted molar refractivity (Wildman–Crippen MR) is 42.3 cm³/mol. The summed E-state index contributed by atoms with van der Waals surface area (Å²) in [5.74, 6) is 0. The number of phosphoric acid groups is 1. The highest BCUT2D eigenvalue weighted by Crippen LogP contribution is 2.35. The second-order valence-corrected chi connectivity index (χ2v) is 3.67. The summed E-state index contributed by atoms with van der Waals surface area (Å²) in [6.45, 7) is 0.989. The Morgan fingerprint density at radius 2 is 2.18 bits per heavy atom. The molecule has 0 saturated carbocycles. The molecule has 0 aliphatic carbocycles. The normalized spacial score (nSPS) is 14.5. The van der Waals surface area contributed by atoms with Crippen molar-refractivity contribution in [1.82, 2.24) is 0 Å². The first kappa shape index (κ1) is 11.2. The molecule has 7 heteroatoms. The van der Waals surface area contributed by atoms with E-state index < -0.39 is 20.5 Å². The SMILES string of the molecule is CC(O)C(=S)COP(=O)(O)O. The first-order chi connectivity index (χ1) is 4.83. The van der Waals surface area contributed by atoms with Gasteiger partial charge in [-0.25, -0.2) is 4.57 Å². The van der Waals surface area contributed by atoms with Crippen LogP contribution in [0.2, 0.25) is 0 Å².